The minimum atomic E-state index is -0.730. The first-order valence-corrected chi connectivity index (χ1v) is 13.6. The quantitative estimate of drug-likeness (QED) is 0.109. The molecule has 0 unspecified atom stereocenters. The minimum absolute atomic E-state index is 0. The zero-order valence-electron chi connectivity index (χ0n) is 20.9. The minimum Gasteiger partial charge on any atom is -0.470 e. The third-order valence-electron chi connectivity index (χ3n) is 7.08. The van der Waals surface area contributed by atoms with Crippen molar-refractivity contribution in [2.45, 2.75) is 69.3 Å². The third kappa shape index (κ3) is 6.10. The second-order valence-electron chi connectivity index (χ2n) is 9.34. The Bertz CT molecular complexity index is 1220. The number of aromatic nitrogens is 2. The number of hydrogen-bond acceptors (Lipinski definition) is 8. The number of nitriles is 1. The summed E-state index contributed by atoms with van der Waals surface area (Å²) in [5, 5.41) is 16.1. The predicted molar refractivity (Wildman–Crippen MR) is 142 cm³/mol. The number of fused-ring (bicyclic) bond motifs is 2. The molecule has 0 bridgehead atoms. The molecule has 2 aromatic rings. The van der Waals surface area contributed by atoms with Gasteiger partial charge in [-0.1, -0.05) is 48.0 Å². The molecule has 37 heavy (non-hydrogen) atoms. The Kier molecular flexibility index (Phi) is 10.3. The molecule has 2 atom stereocenters. The maximum Gasteiger partial charge on any atom is 0.219 e. The molecular formula is C27H31ClMnN5O2S-. The van der Waals surface area contributed by atoms with Gasteiger partial charge in [0, 0.05) is 34.1 Å². The molecule has 1 spiro atoms. The van der Waals surface area contributed by atoms with Gasteiger partial charge in [-0.15, -0.1) is 10.4 Å². The van der Waals surface area contributed by atoms with Gasteiger partial charge < -0.3 is 15.8 Å². The van der Waals surface area contributed by atoms with Crippen LogP contribution in [0.4, 0.5) is 0 Å². The number of halogens is 1. The molecule has 1 saturated carbocycles. The van der Waals surface area contributed by atoms with Gasteiger partial charge in [0.15, 0.2) is 11.6 Å². The molecule has 2 heterocycles. The maximum atomic E-state index is 14.0. The van der Waals surface area contributed by atoms with Gasteiger partial charge in [-0.2, -0.15) is 4.98 Å². The Labute approximate surface area is 238 Å². The SMILES string of the molecule is C=C[C@@H](CCCCNC)Oc1cc(Cl)nc(/C(N)=C2\CCC[C@@]3(CCCc4s[c-]c(C#N)c43)C2=O)n1.[Mn]. The fourth-order valence-electron chi connectivity index (χ4n) is 5.35. The monoisotopic (exact) mass is 579 g/mol. The summed E-state index contributed by atoms with van der Waals surface area (Å²) >= 11 is 7.76. The van der Waals surface area contributed by atoms with E-state index in [1.54, 1.807) is 12.1 Å². The van der Waals surface area contributed by atoms with E-state index in [0.717, 1.165) is 55.5 Å². The largest absolute Gasteiger partial charge is 0.470 e. The zero-order valence-corrected chi connectivity index (χ0v) is 23.7. The number of nitrogens with one attached hydrogen (secondary N) is 1. The number of thiophene rings is 1. The first-order chi connectivity index (χ1) is 17.4. The van der Waals surface area contributed by atoms with E-state index in [-0.39, 0.29) is 45.6 Å². The first kappa shape index (κ1) is 29.3. The van der Waals surface area contributed by atoms with Gasteiger partial charge in [-0.05, 0) is 64.6 Å². The van der Waals surface area contributed by atoms with E-state index in [1.165, 1.54) is 11.3 Å². The Hall–Kier alpha value is -2.21. The number of carbonyl (C=O) groups excluding carboxylic acids is 1. The average Bonchev–Trinajstić information content (AvgIpc) is 3.31. The summed E-state index contributed by atoms with van der Waals surface area (Å²) < 4.78 is 6.03. The van der Waals surface area contributed by atoms with E-state index in [0.29, 0.717) is 36.3 Å². The van der Waals surface area contributed by atoms with E-state index in [4.69, 9.17) is 22.1 Å². The van der Waals surface area contributed by atoms with Crippen LogP contribution in [0.1, 0.15) is 73.2 Å². The smallest absolute Gasteiger partial charge is 0.219 e. The molecule has 1 fully saturated rings. The summed E-state index contributed by atoms with van der Waals surface area (Å²) in [5.74, 6) is 0.448. The van der Waals surface area contributed by atoms with Crippen molar-refractivity contribution in [3.05, 3.63) is 56.7 Å². The summed E-state index contributed by atoms with van der Waals surface area (Å²) in [5.41, 5.74) is 7.90. The number of Topliss-reactive ketones (excluding diaryl/α,β-unsaturated/α-hetero) is 1. The summed E-state index contributed by atoms with van der Waals surface area (Å²) in [6, 6.07) is 3.79. The number of hydrogen-bond donors (Lipinski definition) is 2. The second kappa shape index (κ2) is 13.0. The van der Waals surface area contributed by atoms with Crippen LogP contribution in [0.2, 0.25) is 5.15 Å². The van der Waals surface area contributed by atoms with Gasteiger partial charge in [0.05, 0.1) is 5.70 Å². The summed E-state index contributed by atoms with van der Waals surface area (Å²) in [7, 11) is 1.93. The maximum absolute atomic E-state index is 14.0. The molecule has 4 rings (SSSR count). The van der Waals surface area contributed by atoms with Gasteiger partial charge in [0.2, 0.25) is 5.88 Å². The Morgan fingerprint density at radius 2 is 2.16 bits per heavy atom. The van der Waals surface area contributed by atoms with Gasteiger partial charge in [0.25, 0.3) is 0 Å². The molecule has 0 aromatic carbocycles. The van der Waals surface area contributed by atoms with E-state index in [2.05, 4.69) is 33.3 Å². The number of aryl methyl sites for hydroxylation is 1. The molecular weight excluding hydrogens is 549 g/mol. The summed E-state index contributed by atoms with van der Waals surface area (Å²) in [6.07, 6.45) is 8.81. The molecule has 3 N–H and O–H groups in total. The molecule has 1 radical (unpaired) electrons. The number of ketones is 1. The van der Waals surface area contributed by atoms with Gasteiger partial charge >= 0.3 is 0 Å². The summed E-state index contributed by atoms with van der Waals surface area (Å²) in [6.45, 7) is 4.81. The number of carbonyl (C=O) groups is 1. The fourth-order valence-corrected chi connectivity index (χ4v) is 6.54. The number of unbranched alkanes of at least 4 members (excludes halogenated alkanes) is 1. The topological polar surface area (TPSA) is 114 Å². The van der Waals surface area contributed by atoms with E-state index in [9.17, 15) is 10.1 Å². The van der Waals surface area contributed by atoms with Gasteiger partial charge in [-0.3, -0.25) is 21.4 Å². The van der Waals surface area contributed by atoms with Crippen molar-refractivity contribution < 1.29 is 26.6 Å². The average molecular weight is 580 g/mol. The van der Waals surface area contributed by atoms with Crippen molar-refractivity contribution in [1.82, 2.24) is 15.3 Å². The molecule has 0 amide bonds. The number of nitrogens with zero attached hydrogens (tertiary/aromatic N) is 3. The van der Waals surface area contributed by atoms with Gasteiger partial charge in [0.1, 0.15) is 11.3 Å². The van der Waals surface area contributed by atoms with E-state index < -0.39 is 5.41 Å². The molecule has 0 saturated heterocycles. The second-order valence-corrected chi connectivity index (χ2v) is 10.6. The van der Waals surface area contributed by atoms with Crippen LogP contribution < -0.4 is 15.8 Å². The molecule has 2 aromatic heterocycles. The van der Waals surface area contributed by atoms with Crippen LogP contribution >= 0.6 is 22.9 Å². The van der Waals surface area contributed by atoms with Crippen LogP contribution in [0.25, 0.3) is 5.70 Å². The van der Waals surface area contributed by atoms with Gasteiger partial charge in [-0.25, -0.2) is 4.98 Å². The first-order valence-electron chi connectivity index (χ1n) is 12.4. The van der Waals surface area contributed by atoms with E-state index >= 15 is 0 Å². The van der Waals surface area contributed by atoms with Crippen molar-refractivity contribution in [2.24, 2.45) is 5.73 Å². The number of rotatable bonds is 9. The molecule has 2 aliphatic rings. The van der Waals surface area contributed by atoms with Crippen LogP contribution in [-0.4, -0.2) is 35.4 Å². The van der Waals surface area contributed by atoms with E-state index in [1.807, 2.05) is 7.05 Å². The van der Waals surface area contributed by atoms with Crippen LogP contribution in [0.3, 0.4) is 0 Å². The van der Waals surface area contributed by atoms with Crippen molar-refractivity contribution in [3.8, 4) is 11.9 Å². The van der Waals surface area contributed by atoms with Crippen molar-refractivity contribution >= 4 is 34.4 Å². The summed E-state index contributed by atoms with van der Waals surface area (Å²) in [4.78, 5) is 23.9. The third-order valence-corrected chi connectivity index (χ3v) is 8.23. The molecule has 2 aliphatic carbocycles. The number of ether oxygens (including phenoxy) is 1. The van der Waals surface area contributed by atoms with Crippen molar-refractivity contribution in [3.63, 3.8) is 0 Å². The predicted octanol–water partition coefficient (Wildman–Crippen LogP) is 4.88. The Balaban J connectivity index is 0.00000380. The molecule has 0 aliphatic heterocycles. The van der Waals surface area contributed by atoms with Crippen LogP contribution in [0.5, 0.6) is 5.88 Å². The number of nitrogens with two attached hydrogens (primary N) is 1. The zero-order chi connectivity index (χ0) is 25.7. The van der Waals surface area contributed by atoms with Crippen molar-refractivity contribution in [2.75, 3.05) is 13.6 Å². The number of allylic oxidation sites excluding steroid dienone is 1. The Morgan fingerprint density at radius 3 is 2.86 bits per heavy atom. The Morgan fingerprint density at radius 1 is 1.41 bits per heavy atom. The standard InChI is InChI=1S/C27H31ClN5O2S.Mn/c1-3-18(8-4-5-13-31-2)35-22-14-21(28)32-26(33-22)24(30)19-9-6-11-27(25(19)34)12-7-10-20-23(27)17(15-29)16-36-20;/h3,14,18,31H,1,4-13,30H2,2H3;/q-1;/b24-19-;/t18-,27-;/m0./s1. The molecule has 10 heteroatoms. The van der Waals surface area contributed by atoms with Crippen LogP contribution in [-0.2, 0) is 33.7 Å². The van der Waals surface area contributed by atoms with Crippen LogP contribution in [0, 0.1) is 16.7 Å². The molecule has 197 valence electrons. The van der Waals surface area contributed by atoms with Crippen molar-refractivity contribution in [1.29, 1.82) is 5.26 Å². The normalized spacial score (nSPS) is 20.9. The fraction of sp³-hybridized carbons (Fsp3) is 0.481. The van der Waals surface area contributed by atoms with Crippen LogP contribution in [0.15, 0.2) is 24.3 Å². The molecule has 7 nitrogen and oxygen atoms in total.